The monoisotopic (exact) mass is 859 g/mol. The number of nitrogens with zero attached hydrogens (tertiary/aromatic N) is 2. The molecule has 18 heteroatoms. The highest BCUT2D eigenvalue weighted by Crippen LogP contribution is 2.50. The summed E-state index contributed by atoms with van der Waals surface area (Å²) in [6.07, 6.45) is 3.25. The van der Waals surface area contributed by atoms with Crippen LogP contribution in [-0.4, -0.2) is 104 Å². The number of aromatic nitrogens is 1. The molecule has 2 aliphatic carbocycles. The van der Waals surface area contributed by atoms with Crippen LogP contribution >= 0.6 is 0 Å². The van der Waals surface area contributed by atoms with Crippen molar-refractivity contribution in [1.29, 1.82) is 0 Å². The predicted molar refractivity (Wildman–Crippen MR) is 215 cm³/mol. The number of sulfonamides is 1. The summed E-state index contributed by atoms with van der Waals surface area (Å²) in [4.78, 5) is 62.5. The van der Waals surface area contributed by atoms with E-state index in [0.717, 1.165) is 6.42 Å². The maximum atomic E-state index is 14.8. The van der Waals surface area contributed by atoms with Crippen LogP contribution < -0.4 is 24.8 Å². The predicted octanol–water partition coefficient (Wildman–Crippen LogP) is 5.01. The van der Waals surface area contributed by atoms with Gasteiger partial charge in [-0.25, -0.2) is 27.0 Å². The molecule has 7 rings (SSSR count). The number of fused-ring (bicyclic) bond motifs is 5. The molecular formula is C42H55F2N5O10S. The number of carbonyl (C=O) groups excluding carboxylic acids is 4. The van der Waals surface area contributed by atoms with Crippen molar-refractivity contribution in [3.63, 3.8) is 0 Å². The van der Waals surface area contributed by atoms with Gasteiger partial charge >= 0.3 is 6.09 Å². The molecule has 1 aromatic carbocycles. The highest BCUT2D eigenvalue weighted by Gasteiger charge is 2.64. The number of allylic oxidation sites excluding steroid dienone is 1. The van der Waals surface area contributed by atoms with Crippen LogP contribution in [0.5, 0.6) is 11.5 Å². The van der Waals surface area contributed by atoms with Crippen LogP contribution in [0.3, 0.4) is 0 Å². The zero-order chi connectivity index (χ0) is 43.2. The Morgan fingerprint density at radius 1 is 1.08 bits per heavy atom. The van der Waals surface area contributed by atoms with E-state index >= 15 is 0 Å². The molecule has 1 saturated heterocycles. The van der Waals surface area contributed by atoms with E-state index in [0.29, 0.717) is 54.3 Å². The molecule has 3 N–H and O–H groups in total. The molecular weight excluding hydrogens is 805 g/mol. The number of halogens is 2. The molecule has 1 spiro atoms. The number of hydrogen-bond donors (Lipinski definition) is 3. The molecule has 6 atom stereocenters. The Bertz CT molecular complexity index is 2170. The Morgan fingerprint density at radius 2 is 1.85 bits per heavy atom. The van der Waals surface area contributed by atoms with Gasteiger partial charge in [-0.15, -0.1) is 0 Å². The molecule has 4 amide bonds. The maximum Gasteiger partial charge on any atom is 0.408 e. The number of hydrogen-bond acceptors (Lipinski definition) is 11. The van der Waals surface area contributed by atoms with Crippen molar-refractivity contribution in [3.05, 3.63) is 41.6 Å². The minimum Gasteiger partial charge on any atom is -0.497 e. The number of nitrogens with one attached hydrogen (secondary N) is 3. The van der Waals surface area contributed by atoms with Crippen LogP contribution in [-0.2, 0) is 40.3 Å². The minimum absolute atomic E-state index is 0.00310. The number of benzene rings is 1. The molecule has 3 fully saturated rings. The molecule has 328 valence electrons. The van der Waals surface area contributed by atoms with Gasteiger partial charge in [0.15, 0.2) is 5.75 Å². The lowest BCUT2D eigenvalue weighted by Crippen LogP contribution is -2.59. The first kappa shape index (κ1) is 43.5. The first-order chi connectivity index (χ1) is 28.5. The smallest absolute Gasteiger partial charge is 0.408 e. The van der Waals surface area contributed by atoms with Crippen molar-refractivity contribution in [3.8, 4) is 11.5 Å². The van der Waals surface area contributed by atoms with E-state index in [1.165, 1.54) is 19.1 Å². The number of alkyl carbamates (subject to hydrolysis) is 1. The van der Waals surface area contributed by atoms with Crippen molar-refractivity contribution in [1.82, 2.24) is 25.2 Å². The van der Waals surface area contributed by atoms with Gasteiger partial charge in [0.1, 0.15) is 45.5 Å². The molecule has 2 aromatic rings. The molecule has 15 nitrogen and oxygen atoms in total. The van der Waals surface area contributed by atoms with Gasteiger partial charge in [-0.1, -0.05) is 38.8 Å². The maximum absolute atomic E-state index is 14.8. The van der Waals surface area contributed by atoms with Crippen molar-refractivity contribution >= 4 is 44.7 Å². The summed E-state index contributed by atoms with van der Waals surface area (Å²) in [6.45, 7) is 5.20. The molecule has 60 heavy (non-hydrogen) atoms. The molecule has 3 aliphatic heterocycles. The van der Waals surface area contributed by atoms with Crippen LogP contribution in [0.1, 0.15) is 103 Å². The quantitative estimate of drug-likeness (QED) is 0.273. The Labute approximate surface area is 348 Å². The fraction of sp³-hybridized carbons (Fsp3) is 0.643. The third-order valence-electron chi connectivity index (χ3n) is 13.0. The lowest BCUT2D eigenvalue weighted by atomic mass is 9.87. The summed E-state index contributed by atoms with van der Waals surface area (Å²) in [5.41, 5.74) is -2.76. The fourth-order valence-corrected chi connectivity index (χ4v) is 10.3. The number of methoxy groups -OCH3 is 2. The molecule has 4 heterocycles. The van der Waals surface area contributed by atoms with Crippen LogP contribution in [0.25, 0.3) is 10.9 Å². The topological polar surface area (TPSA) is 192 Å². The molecule has 0 bridgehead atoms. The average molecular weight is 860 g/mol. The fourth-order valence-electron chi connectivity index (χ4n) is 8.72. The van der Waals surface area contributed by atoms with E-state index in [1.54, 1.807) is 25.1 Å². The summed E-state index contributed by atoms with van der Waals surface area (Å²) in [7, 11) is -1.33. The van der Waals surface area contributed by atoms with E-state index in [2.05, 4.69) is 20.3 Å². The Kier molecular flexibility index (Phi) is 12.1. The second-order valence-corrected chi connectivity index (χ2v) is 19.5. The van der Waals surface area contributed by atoms with Gasteiger partial charge in [0.2, 0.25) is 21.8 Å². The largest absolute Gasteiger partial charge is 0.497 e. The molecule has 1 unspecified atom stereocenters. The van der Waals surface area contributed by atoms with Crippen LogP contribution in [0.4, 0.5) is 13.6 Å². The van der Waals surface area contributed by atoms with E-state index in [9.17, 15) is 36.4 Å². The molecule has 5 aliphatic rings. The van der Waals surface area contributed by atoms with Crippen molar-refractivity contribution in [2.24, 2.45) is 11.8 Å². The lowest BCUT2D eigenvalue weighted by molar-refractivity contribution is -0.141. The summed E-state index contributed by atoms with van der Waals surface area (Å²) in [6, 6.07) is 2.50. The van der Waals surface area contributed by atoms with E-state index in [4.69, 9.17) is 18.9 Å². The van der Waals surface area contributed by atoms with Crippen molar-refractivity contribution < 1.29 is 55.3 Å². The third kappa shape index (κ3) is 8.37. The lowest BCUT2D eigenvalue weighted by Gasteiger charge is -2.37. The second kappa shape index (κ2) is 16.7. The number of pyridine rings is 1. The van der Waals surface area contributed by atoms with Gasteiger partial charge in [0.25, 0.3) is 12.3 Å². The SMILES string of the molecule is COCC1(S(=O)(=O)NC(=O)C23C[C@H]2/C=C\CCCCC[C@H](NC(=O)O[C@@H](C)C(C)C)C(=O)N2C[C@@]4(CCc5c(c(C(F)F)nc6ccc(OC)cc56)O4)C[C@H]2C(=O)N3)CC1. The average Bonchev–Trinajstić information content (AvgIpc) is 4.11. The summed E-state index contributed by atoms with van der Waals surface area (Å²) in [5.74, 6) is -2.45. The van der Waals surface area contributed by atoms with Crippen LogP contribution in [0.2, 0.25) is 0 Å². The summed E-state index contributed by atoms with van der Waals surface area (Å²) in [5, 5.41) is 6.15. The van der Waals surface area contributed by atoms with Gasteiger partial charge in [0.05, 0.1) is 25.8 Å². The normalized spacial score (nSPS) is 28.6. The first-order valence-corrected chi connectivity index (χ1v) is 22.3. The molecule has 1 aromatic heterocycles. The van der Waals surface area contributed by atoms with Crippen LogP contribution in [0.15, 0.2) is 30.4 Å². The second-order valence-electron chi connectivity index (χ2n) is 17.4. The van der Waals surface area contributed by atoms with Gasteiger partial charge < -0.3 is 34.5 Å². The van der Waals surface area contributed by atoms with Crippen molar-refractivity contribution in [2.45, 2.75) is 132 Å². The number of alkyl halides is 2. The van der Waals surface area contributed by atoms with Crippen LogP contribution in [0, 0.1) is 11.8 Å². The van der Waals surface area contributed by atoms with Gasteiger partial charge in [-0.3, -0.25) is 19.1 Å². The number of amides is 4. The van der Waals surface area contributed by atoms with Gasteiger partial charge in [0, 0.05) is 30.4 Å². The van der Waals surface area contributed by atoms with E-state index < -0.39 is 85.9 Å². The highest BCUT2D eigenvalue weighted by molar-refractivity contribution is 7.91. The highest BCUT2D eigenvalue weighted by atomic mass is 32.2. The zero-order valence-electron chi connectivity index (χ0n) is 34.7. The Balaban J connectivity index is 1.25. The van der Waals surface area contributed by atoms with Gasteiger partial charge in [-0.2, -0.15) is 0 Å². The first-order valence-electron chi connectivity index (χ1n) is 20.8. The number of carbonyl (C=O) groups is 4. The van der Waals surface area contributed by atoms with Gasteiger partial charge in [-0.05, 0) is 82.4 Å². The molecule has 2 saturated carbocycles. The van der Waals surface area contributed by atoms with Crippen molar-refractivity contribution in [2.75, 3.05) is 27.4 Å². The van der Waals surface area contributed by atoms with E-state index in [-0.39, 0.29) is 56.9 Å². The Hall–Kier alpha value is -4.58. The Morgan fingerprint density at radius 3 is 2.53 bits per heavy atom. The standard InChI is InChI=1S/C42H55F2N5O10S/c1-24(2)25(3)58-39(53)46-31-12-10-8-6-7-9-11-26-20-42(26,38(52)48-60(54,55)41(17-18-41)23-56-4)47-36(50)32-21-40(22-49(32)37(31)51)16-15-28-29-19-27(57-5)13-14-30(29)45-33(35(43)44)34(28)59-40/h9,11,13-14,19,24-26,31-32,35H,6-8,10,12,15-18,20-23H2,1-5H3,(H,46,53)(H,47,50)(H,48,52)/b11-9-/t25-,26+,31-,32-,40+,42?/m0/s1. The number of ether oxygens (including phenoxy) is 4. The van der Waals surface area contributed by atoms with E-state index in [1.807, 2.05) is 26.0 Å². The summed E-state index contributed by atoms with van der Waals surface area (Å²) >= 11 is 0. The number of aryl methyl sites for hydroxylation is 1. The minimum atomic E-state index is -4.21. The third-order valence-corrected chi connectivity index (χ3v) is 15.1. The zero-order valence-corrected chi connectivity index (χ0v) is 35.5. The summed E-state index contributed by atoms with van der Waals surface area (Å²) < 4.78 is 80.3. The molecule has 0 radical (unpaired) electrons. The number of rotatable bonds is 10.